The monoisotopic (exact) mass is 812 g/mol. The van der Waals surface area contributed by atoms with E-state index in [1.165, 1.54) is 33.8 Å². The van der Waals surface area contributed by atoms with Crippen molar-refractivity contribution in [3.63, 3.8) is 0 Å². The van der Waals surface area contributed by atoms with Crippen molar-refractivity contribution in [2.24, 2.45) is 10.8 Å². The zero-order valence-corrected chi connectivity index (χ0v) is 34.7. The zero-order valence-electron chi connectivity index (χ0n) is 34.7. The Kier molecular flexibility index (Phi) is 17.3. The minimum absolute atomic E-state index is 0.0271. The number of fused-ring (bicyclic) bond motifs is 4. The van der Waals surface area contributed by atoms with E-state index in [4.69, 9.17) is 33.2 Å². The van der Waals surface area contributed by atoms with Crippen molar-refractivity contribution >= 4 is 29.8 Å². The van der Waals surface area contributed by atoms with Gasteiger partial charge >= 0.3 is 29.8 Å². The van der Waals surface area contributed by atoms with E-state index < -0.39 is 101 Å². The second kappa shape index (κ2) is 20.5. The van der Waals surface area contributed by atoms with E-state index in [-0.39, 0.29) is 50.7 Å². The fraction of sp³-hybridized carbons (Fsp3) is 0.780. The van der Waals surface area contributed by atoms with E-state index in [1.54, 1.807) is 13.8 Å². The summed E-state index contributed by atoms with van der Waals surface area (Å²) in [6.07, 6.45) is -1.73. The summed E-state index contributed by atoms with van der Waals surface area (Å²) in [7, 11) is 1.16. The van der Waals surface area contributed by atoms with Gasteiger partial charge in [0.1, 0.15) is 12.2 Å². The maximum absolute atomic E-state index is 13.3. The van der Waals surface area contributed by atoms with Crippen LogP contribution < -0.4 is 0 Å². The summed E-state index contributed by atoms with van der Waals surface area (Å²) < 4.78 is 39.6. The molecule has 0 unspecified atom stereocenters. The van der Waals surface area contributed by atoms with Gasteiger partial charge in [-0.3, -0.25) is 14.4 Å². The number of esters is 5. The van der Waals surface area contributed by atoms with Gasteiger partial charge < -0.3 is 53.6 Å². The van der Waals surface area contributed by atoms with Crippen molar-refractivity contribution in [3.05, 3.63) is 23.8 Å². The molecule has 324 valence electrons. The second-order valence-corrected chi connectivity index (χ2v) is 16.6. The van der Waals surface area contributed by atoms with Crippen LogP contribution in [0.3, 0.4) is 0 Å². The van der Waals surface area contributed by atoms with E-state index in [0.717, 1.165) is 44.9 Å². The van der Waals surface area contributed by atoms with E-state index in [2.05, 4.69) is 6.92 Å². The summed E-state index contributed by atoms with van der Waals surface area (Å²) in [5.41, 5.74) is -2.67. The van der Waals surface area contributed by atoms with Crippen molar-refractivity contribution in [2.75, 3.05) is 13.7 Å². The highest BCUT2D eigenvalue weighted by Crippen LogP contribution is 2.48. The van der Waals surface area contributed by atoms with Crippen LogP contribution >= 0.6 is 0 Å². The zero-order chi connectivity index (χ0) is 42.8. The van der Waals surface area contributed by atoms with Crippen molar-refractivity contribution in [1.29, 1.82) is 0 Å². The van der Waals surface area contributed by atoms with Crippen LogP contribution in [0.1, 0.15) is 126 Å². The summed E-state index contributed by atoms with van der Waals surface area (Å²) in [6, 6.07) is 0. The lowest BCUT2D eigenvalue weighted by Crippen LogP contribution is -2.62. The number of carbonyl (C=O) groups is 5. The van der Waals surface area contributed by atoms with E-state index in [9.17, 15) is 44.4 Å². The maximum atomic E-state index is 13.3. The van der Waals surface area contributed by atoms with E-state index in [1.807, 2.05) is 0 Å². The molecule has 3 aliphatic heterocycles. The highest BCUT2D eigenvalue weighted by molar-refractivity contribution is 5.83. The van der Waals surface area contributed by atoms with E-state index in [0.29, 0.717) is 6.42 Å². The molecule has 3 rings (SSSR count). The van der Waals surface area contributed by atoms with Crippen LogP contribution in [-0.4, -0.2) is 118 Å². The number of ether oxygens (including phenoxy) is 7. The van der Waals surface area contributed by atoms with Crippen molar-refractivity contribution < 1.29 is 77.6 Å². The van der Waals surface area contributed by atoms with Gasteiger partial charge in [-0.25, -0.2) is 9.59 Å². The molecule has 3 heterocycles. The van der Waals surface area contributed by atoms with Crippen LogP contribution in [0.25, 0.3) is 0 Å². The molecular weight excluding hydrogens is 748 g/mol. The third-order valence-electron chi connectivity index (χ3n) is 11.2. The summed E-state index contributed by atoms with van der Waals surface area (Å²) in [5, 5.41) is 46.5. The Morgan fingerprint density at radius 1 is 0.930 bits per heavy atom. The largest absolute Gasteiger partial charge is 0.466 e. The Morgan fingerprint density at radius 2 is 1.61 bits per heavy atom. The van der Waals surface area contributed by atoms with Crippen LogP contribution in [0.15, 0.2) is 23.8 Å². The van der Waals surface area contributed by atoms with Gasteiger partial charge in [0.15, 0.2) is 11.9 Å². The van der Waals surface area contributed by atoms with Crippen molar-refractivity contribution in [3.8, 4) is 0 Å². The third kappa shape index (κ3) is 12.8. The number of hydrogen-bond donors (Lipinski definition) is 4. The molecule has 0 spiro atoms. The second-order valence-electron chi connectivity index (χ2n) is 16.6. The average Bonchev–Trinajstić information content (AvgIpc) is 3.10. The molecule has 16 nitrogen and oxygen atoms in total. The number of aliphatic hydroxyl groups is 4. The van der Waals surface area contributed by atoms with Gasteiger partial charge in [0, 0.05) is 56.6 Å². The van der Waals surface area contributed by atoms with Gasteiger partial charge in [0.05, 0.1) is 50.0 Å². The molecule has 2 fully saturated rings. The Balaban J connectivity index is 2.04. The highest BCUT2D eigenvalue weighted by atomic mass is 16.7. The molecule has 0 aromatic carbocycles. The first-order chi connectivity index (χ1) is 26.6. The van der Waals surface area contributed by atoms with Gasteiger partial charge in [-0.05, 0) is 25.3 Å². The first-order valence-corrected chi connectivity index (χ1v) is 19.9. The number of unbranched alkanes of at least 4 members (excludes halogenated alkanes) is 4. The van der Waals surface area contributed by atoms with Gasteiger partial charge in [0.25, 0.3) is 0 Å². The number of hydrogen-bond acceptors (Lipinski definition) is 16. The highest BCUT2D eigenvalue weighted by Gasteiger charge is 2.58. The van der Waals surface area contributed by atoms with E-state index >= 15 is 0 Å². The number of methoxy groups -OCH3 is 1. The van der Waals surface area contributed by atoms with Crippen LogP contribution in [0.5, 0.6) is 0 Å². The summed E-state index contributed by atoms with van der Waals surface area (Å²) in [6.45, 7) is 10.6. The predicted octanol–water partition coefficient (Wildman–Crippen LogP) is 3.62. The predicted molar refractivity (Wildman–Crippen MR) is 201 cm³/mol. The average molecular weight is 813 g/mol. The molecule has 0 amide bonds. The molecule has 2 saturated heterocycles. The topological polar surface area (TPSA) is 231 Å². The number of carbonyl (C=O) groups excluding carboxylic acids is 5. The number of rotatable bonds is 9. The molecule has 0 aromatic heterocycles. The molecule has 4 bridgehead atoms. The van der Waals surface area contributed by atoms with Gasteiger partial charge in [-0.15, -0.1) is 0 Å². The third-order valence-corrected chi connectivity index (χ3v) is 11.2. The molecule has 0 radical (unpaired) electrons. The quantitative estimate of drug-likeness (QED) is 0.113. The molecule has 9 atom stereocenters. The minimum Gasteiger partial charge on any atom is -0.466 e. The first-order valence-electron chi connectivity index (χ1n) is 19.9. The Labute approximate surface area is 335 Å². The first kappa shape index (κ1) is 48.0. The van der Waals surface area contributed by atoms with Gasteiger partial charge in [-0.2, -0.15) is 0 Å². The normalized spacial score (nSPS) is 35.1. The molecule has 3 aliphatic rings. The van der Waals surface area contributed by atoms with Crippen molar-refractivity contribution in [1.82, 2.24) is 0 Å². The molecule has 57 heavy (non-hydrogen) atoms. The SMILES string of the molecule is CCCCCCCC(=O)O[C@H]1/C(=C/C(=O)OC)C[C@H]2C[C@@H](O)[C@@H](C)OC(=O)C[C@H](O)C[C@@H]3C[C@H](OC(C)=O)C(C)(C)[C@](O)(CCOC(=O)/C=C/C(C)(C)[C@]1(O)O2)O3. The van der Waals surface area contributed by atoms with Crippen LogP contribution in [-0.2, 0) is 57.1 Å². The fourth-order valence-corrected chi connectivity index (χ4v) is 7.45. The standard InChI is InChI=1S/C41H64O16/c1-9-10-11-12-13-14-34(46)55-37-27(20-35(47)51-8)19-29-23-31(44)25(2)53-36(48)22-28(43)21-30-24-32(54-26(3)42)39(6,7)40(49,56-30)17-18-52-33(45)15-16-38(4,5)41(37,50)57-29/h15-16,20,25,28-32,37,43-44,49-50H,9-14,17-19,21-24H2,1-8H3/b16-15+,27-20+/t25-,28-,29+,30-,31-,32+,37+,40+,41-/m1/s1. The van der Waals surface area contributed by atoms with Crippen LogP contribution in [0.2, 0.25) is 0 Å². The van der Waals surface area contributed by atoms with Crippen molar-refractivity contribution in [2.45, 2.75) is 180 Å². The Hall–Kier alpha value is -3.41. The molecule has 16 heteroatoms. The maximum Gasteiger partial charge on any atom is 0.330 e. The molecule has 0 aliphatic carbocycles. The molecule has 0 saturated carbocycles. The molecular formula is C41H64O16. The minimum atomic E-state index is -2.46. The smallest absolute Gasteiger partial charge is 0.330 e. The lowest BCUT2D eigenvalue weighted by Gasteiger charge is -2.52. The molecule has 0 aromatic rings. The summed E-state index contributed by atoms with van der Waals surface area (Å²) >= 11 is 0. The fourth-order valence-electron chi connectivity index (χ4n) is 7.45. The van der Waals surface area contributed by atoms with Crippen LogP contribution in [0.4, 0.5) is 0 Å². The summed E-state index contributed by atoms with van der Waals surface area (Å²) in [4.78, 5) is 64.1. The Bertz CT molecular complexity index is 1470. The van der Waals surface area contributed by atoms with Gasteiger partial charge in [-0.1, -0.05) is 66.4 Å². The number of cyclic esters (lactones) is 2. The summed E-state index contributed by atoms with van der Waals surface area (Å²) in [5.74, 6) is -8.29. The lowest BCUT2D eigenvalue weighted by atomic mass is 9.71. The Morgan fingerprint density at radius 3 is 2.26 bits per heavy atom. The lowest BCUT2D eigenvalue weighted by molar-refractivity contribution is -0.343. The molecule has 4 N–H and O–H groups in total. The van der Waals surface area contributed by atoms with Gasteiger partial charge in [0.2, 0.25) is 5.79 Å². The number of aliphatic hydroxyl groups excluding tert-OH is 2. The van der Waals surface area contributed by atoms with Crippen LogP contribution in [0, 0.1) is 10.8 Å².